The topological polar surface area (TPSA) is 63.9 Å². The molecule has 0 fully saturated rings. The highest BCUT2D eigenvalue weighted by Gasteiger charge is 2.33. The first kappa shape index (κ1) is 23.1. The maximum Gasteiger partial charge on any atom is 0.338 e. The number of hydrogen-bond donors (Lipinski definition) is 0. The van der Waals surface area contributed by atoms with Crippen LogP contribution in [0.15, 0.2) is 74.5 Å². The van der Waals surface area contributed by atoms with Crippen LogP contribution in [0.5, 0.6) is 0 Å². The second-order valence-electron chi connectivity index (χ2n) is 7.83. The number of benzene rings is 2. The smallest absolute Gasteiger partial charge is 0.338 e. The number of carbonyl (C=O) groups excluding carboxylic acids is 1. The lowest BCUT2D eigenvalue weighted by atomic mass is 9.96. The summed E-state index contributed by atoms with van der Waals surface area (Å²) in [7, 11) is 5.32. The molecular weight excluding hydrogens is 454 g/mol. The van der Waals surface area contributed by atoms with E-state index < -0.39 is 12.0 Å². The highest BCUT2D eigenvalue weighted by atomic mass is 32.2. The number of thioether (sulfide) groups is 1. The van der Waals surface area contributed by atoms with Gasteiger partial charge in [0.1, 0.15) is 0 Å². The van der Waals surface area contributed by atoms with E-state index in [0.29, 0.717) is 20.6 Å². The third-order valence-electron chi connectivity index (χ3n) is 5.57. The number of nitrogens with zero attached hydrogens (tertiary/aromatic N) is 3. The van der Waals surface area contributed by atoms with Gasteiger partial charge in [-0.25, -0.2) is 9.79 Å². The number of hydrogen-bond acceptors (Lipinski definition) is 7. The lowest BCUT2D eigenvalue weighted by Crippen LogP contribution is -2.39. The lowest BCUT2D eigenvalue weighted by Gasteiger charge is -2.24. The average molecular weight is 480 g/mol. The Morgan fingerprint density at radius 3 is 2.39 bits per heavy atom. The maximum atomic E-state index is 13.6. The number of aromatic nitrogens is 1. The average Bonchev–Trinajstić information content (AvgIpc) is 3.12. The van der Waals surface area contributed by atoms with Crippen LogP contribution in [0.25, 0.3) is 6.08 Å². The first-order valence-electron chi connectivity index (χ1n) is 10.4. The molecule has 0 spiro atoms. The fourth-order valence-electron chi connectivity index (χ4n) is 3.81. The Morgan fingerprint density at radius 2 is 1.82 bits per heavy atom. The van der Waals surface area contributed by atoms with E-state index in [9.17, 15) is 9.59 Å². The number of fused-ring (bicyclic) bond motifs is 1. The normalized spacial score (nSPS) is 15.8. The van der Waals surface area contributed by atoms with Crippen molar-refractivity contribution in [2.75, 3.05) is 32.4 Å². The first-order chi connectivity index (χ1) is 15.8. The molecule has 0 bridgehead atoms. The third kappa shape index (κ3) is 4.41. The van der Waals surface area contributed by atoms with Crippen LogP contribution in [0.1, 0.15) is 24.1 Å². The molecule has 0 amide bonds. The van der Waals surface area contributed by atoms with Crippen molar-refractivity contribution in [1.82, 2.24) is 4.57 Å². The summed E-state index contributed by atoms with van der Waals surface area (Å²) in [6.45, 7) is 1.78. The monoisotopic (exact) mass is 479 g/mol. The largest absolute Gasteiger partial charge is 0.466 e. The summed E-state index contributed by atoms with van der Waals surface area (Å²) in [5.74, 6) is -0.483. The van der Waals surface area contributed by atoms with Crippen molar-refractivity contribution in [1.29, 1.82) is 0 Å². The maximum absolute atomic E-state index is 13.6. The van der Waals surface area contributed by atoms with Crippen molar-refractivity contribution >= 4 is 40.8 Å². The summed E-state index contributed by atoms with van der Waals surface area (Å²) >= 11 is 2.96. The van der Waals surface area contributed by atoms with E-state index in [1.807, 2.05) is 79.9 Å². The van der Waals surface area contributed by atoms with Crippen molar-refractivity contribution < 1.29 is 9.53 Å². The number of allylic oxidation sites excluding steroid dienone is 1. The molecule has 3 aromatic rings. The van der Waals surface area contributed by atoms with E-state index in [1.165, 1.54) is 18.4 Å². The van der Waals surface area contributed by atoms with Crippen molar-refractivity contribution in [3.05, 3.63) is 90.6 Å². The Labute approximate surface area is 200 Å². The summed E-state index contributed by atoms with van der Waals surface area (Å²) in [4.78, 5) is 34.6. The van der Waals surface area contributed by atoms with Crippen LogP contribution in [0.4, 0.5) is 5.69 Å². The zero-order valence-electron chi connectivity index (χ0n) is 19.2. The Hall–Kier alpha value is -3.10. The van der Waals surface area contributed by atoms with E-state index in [2.05, 4.69) is 4.99 Å². The summed E-state index contributed by atoms with van der Waals surface area (Å²) < 4.78 is 7.23. The number of methoxy groups -OCH3 is 1. The van der Waals surface area contributed by atoms with Gasteiger partial charge in [0.15, 0.2) is 4.80 Å². The van der Waals surface area contributed by atoms with Crippen LogP contribution in [-0.2, 0) is 9.53 Å². The second-order valence-corrected chi connectivity index (χ2v) is 9.72. The molecular formula is C25H25N3O3S2. The molecule has 0 radical (unpaired) electrons. The summed E-state index contributed by atoms with van der Waals surface area (Å²) in [5, 5.41) is 0. The van der Waals surface area contributed by atoms with Gasteiger partial charge >= 0.3 is 5.97 Å². The van der Waals surface area contributed by atoms with E-state index in [1.54, 1.807) is 23.3 Å². The van der Waals surface area contributed by atoms with E-state index in [-0.39, 0.29) is 5.56 Å². The van der Waals surface area contributed by atoms with Crippen LogP contribution >= 0.6 is 23.1 Å². The molecule has 1 aliphatic rings. The molecule has 0 N–H and O–H groups in total. The van der Waals surface area contributed by atoms with E-state index >= 15 is 0 Å². The zero-order valence-corrected chi connectivity index (χ0v) is 20.8. The third-order valence-corrected chi connectivity index (χ3v) is 7.29. The molecule has 8 heteroatoms. The molecule has 0 aliphatic carbocycles. The molecule has 0 saturated carbocycles. The predicted molar refractivity (Wildman–Crippen MR) is 135 cm³/mol. The number of thiazole rings is 1. The Bertz CT molecular complexity index is 1400. The summed E-state index contributed by atoms with van der Waals surface area (Å²) in [6, 6.07) is 15.3. The molecule has 33 heavy (non-hydrogen) atoms. The van der Waals surface area contributed by atoms with Crippen LogP contribution < -0.4 is 19.8 Å². The summed E-state index contributed by atoms with van der Waals surface area (Å²) in [6.07, 6.45) is 3.88. The molecule has 1 unspecified atom stereocenters. The number of anilines is 1. The molecule has 2 heterocycles. The minimum absolute atomic E-state index is 0.178. The van der Waals surface area contributed by atoms with Gasteiger partial charge in [-0.05, 0) is 54.6 Å². The Morgan fingerprint density at radius 1 is 1.15 bits per heavy atom. The van der Waals surface area contributed by atoms with Gasteiger partial charge in [0.05, 0.1) is 29.0 Å². The van der Waals surface area contributed by atoms with Gasteiger partial charge in [0.25, 0.3) is 5.56 Å². The fraction of sp³-hybridized carbons (Fsp3) is 0.240. The highest BCUT2D eigenvalue weighted by Crippen LogP contribution is 2.31. The molecule has 1 atom stereocenters. The van der Waals surface area contributed by atoms with Gasteiger partial charge in [-0.15, -0.1) is 11.8 Å². The Balaban J connectivity index is 1.90. The highest BCUT2D eigenvalue weighted by molar-refractivity contribution is 7.98. The van der Waals surface area contributed by atoms with Crippen LogP contribution in [0.3, 0.4) is 0 Å². The van der Waals surface area contributed by atoms with E-state index in [4.69, 9.17) is 4.74 Å². The lowest BCUT2D eigenvalue weighted by molar-refractivity contribution is -0.136. The Kier molecular flexibility index (Phi) is 6.58. The van der Waals surface area contributed by atoms with Crippen molar-refractivity contribution in [3.8, 4) is 0 Å². The number of esters is 1. The van der Waals surface area contributed by atoms with Crippen LogP contribution in [0.2, 0.25) is 0 Å². The fourth-order valence-corrected chi connectivity index (χ4v) is 5.27. The van der Waals surface area contributed by atoms with Crippen molar-refractivity contribution in [2.45, 2.75) is 17.9 Å². The van der Waals surface area contributed by atoms with Gasteiger partial charge < -0.3 is 9.64 Å². The van der Waals surface area contributed by atoms with Gasteiger partial charge in [-0.1, -0.05) is 35.6 Å². The summed E-state index contributed by atoms with van der Waals surface area (Å²) in [5.41, 5.74) is 3.61. The number of rotatable bonds is 5. The molecule has 6 nitrogen and oxygen atoms in total. The quantitative estimate of drug-likeness (QED) is 0.415. The molecule has 1 aromatic heterocycles. The first-order valence-corrected chi connectivity index (χ1v) is 12.4. The number of ether oxygens (including phenoxy) is 1. The number of carbonyl (C=O) groups is 1. The van der Waals surface area contributed by atoms with Gasteiger partial charge in [0, 0.05) is 24.7 Å². The zero-order chi connectivity index (χ0) is 23.7. The van der Waals surface area contributed by atoms with Crippen LogP contribution in [-0.4, -0.2) is 38.0 Å². The molecule has 0 saturated heterocycles. The van der Waals surface area contributed by atoms with Gasteiger partial charge in [-0.2, -0.15) is 0 Å². The van der Waals surface area contributed by atoms with Gasteiger partial charge in [-0.3, -0.25) is 9.36 Å². The molecule has 170 valence electrons. The predicted octanol–water partition coefficient (Wildman–Crippen LogP) is 3.20. The van der Waals surface area contributed by atoms with Crippen LogP contribution in [0, 0.1) is 0 Å². The molecule has 2 aromatic carbocycles. The molecule has 1 aliphatic heterocycles. The molecule has 4 rings (SSSR count). The SMILES string of the molecule is COC(=O)C1=C(C)N=c2sc(=Cc3ccc(N(C)C)cc3)c(=O)n2C1c1ccc(SC)cc1. The van der Waals surface area contributed by atoms with Crippen molar-refractivity contribution in [2.24, 2.45) is 4.99 Å². The second kappa shape index (κ2) is 9.41. The minimum atomic E-state index is -0.595. The minimum Gasteiger partial charge on any atom is -0.466 e. The van der Waals surface area contributed by atoms with Crippen molar-refractivity contribution in [3.63, 3.8) is 0 Å². The van der Waals surface area contributed by atoms with Gasteiger partial charge in [0.2, 0.25) is 0 Å². The van der Waals surface area contributed by atoms with E-state index in [0.717, 1.165) is 21.7 Å². The standard InChI is InChI=1S/C25H25N3O3S2/c1-15-21(24(30)31-4)22(17-8-12-19(32-5)13-9-17)28-23(29)20(33-25(28)26-15)14-16-6-10-18(11-7-16)27(2)3/h6-14,22H,1-5H3.